The average molecular weight is 429 g/mol. The van der Waals surface area contributed by atoms with Crippen LogP contribution in [-0.2, 0) is 16.0 Å². The molecule has 0 aliphatic carbocycles. The van der Waals surface area contributed by atoms with Crippen molar-refractivity contribution in [1.29, 1.82) is 0 Å². The largest absolute Gasteiger partial charge is 0.469 e. The number of esters is 1. The Morgan fingerprint density at radius 1 is 1.20 bits per heavy atom. The molecule has 9 heteroatoms. The van der Waals surface area contributed by atoms with Gasteiger partial charge in [-0.1, -0.05) is 11.8 Å². The average Bonchev–Trinajstić information content (AvgIpc) is 3.00. The van der Waals surface area contributed by atoms with E-state index in [2.05, 4.69) is 14.7 Å². The number of Topliss-reactive ketones (excluding diaryl/α,β-unsaturated/α-hetero) is 1. The summed E-state index contributed by atoms with van der Waals surface area (Å²) in [5, 5.41) is 0.252. The number of ketones is 1. The van der Waals surface area contributed by atoms with E-state index in [0.717, 1.165) is 28.8 Å². The molecule has 0 fully saturated rings. The predicted octanol–water partition coefficient (Wildman–Crippen LogP) is 3.01. The highest BCUT2D eigenvalue weighted by Crippen LogP contribution is 2.23. The topological polar surface area (TPSA) is 94.0 Å². The van der Waals surface area contributed by atoms with Crippen molar-refractivity contribution in [2.24, 2.45) is 0 Å². The zero-order valence-electron chi connectivity index (χ0n) is 16.7. The number of nitrogens with zero attached hydrogens (tertiary/aromatic N) is 2. The van der Waals surface area contributed by atoms with Gasteiger partial charge in [0.1, 0.15) is 5.82 Å². The van der Waals surface area contributed by atoms with E-state index in [4.69, 9.17) is 0 Å². The van der Waals surface area contributed by atoms with Gasteiger partial charge in [-0.15, -0.1) is 0 Å². The third-order valence-electron chi connectivity index (χ3n) is 4.48. The Balaban J connectivity index is 1.77. The number of aromatic nitrogens is 3. The van der Waals surface area contributed by atoms with E-state index in [1.165, 1.54) is 25.3 Å². The molecule has 0 saturated carbocycles. The fourth-order valence-electron chi connectivity index (χ4n) is 3.11. The van der Waals surface area contributed by atoms with Crippen LogP contribution in [0.1, 0.15) is 27.4 Å². The minimum Gasteiger partial charge on any atom is -0.469 e. The van der Waals surface area contributed by atoms with Gasteiger partial charge in [-0.05, 0) is 44.2 Å². The van der Waals surface area contributed by atoms with Crippen molar-refractivity contribution in [3.05, 3.63) is 75.2 Å². The van der Waals surface area contributed by atoms with Gasteiger partial charge < -0.3 is 14.3 Å². The molecule has 0 spiro atoms. The Hall–Kier alpha value is -3.20. The number of hydrogen-bond donors (Lipinski definition) is 1. The summed E-state index contributed by atoms with van der Waals surface area (Å²) < 4.78 is 19.7. The highest BCUT2D eigenvalue weighted by Gasteiger charge is 2.18. The molecule has 3 aromatic rings. The molecule has 0 saturated heterocycles. The van der Waals surface area contributed by atoms with E-state index < -0.39 is 11.5 Å². The van der Waals surface area contributed by atoms with Gasteiger partial charge in [-0.2, -0.15) is 0 Å². The van der Waals surface area contributed by atoms with Crippen LogP contribution in [0, 0.1) is 19.7 Å². The van der Waals surface area contributed by atoms with E-state index in [9.17, 15) is 18.8 Å². The Kier molecular flexibility index (Phi) is 6.51. The lowest BCUT2D eigenvalue weighted by atomic mass is 10.2. The normalized spacial score (nSPS) is 10.8. The van der Waals surface area contributed by atoms with E-state index in [-0.39, 0.29) is 34.6 Å². The van der Waals surface area contributed by atoms with Gasteiger partial charge in [-0.25, -0.2) is 9.37 Å². The molecule has 0 radical (unpaired) electrons. The summed E-state index contributed by atoms with van der Waals surface area (Å²) in [7, 11) is 1.26. The summed E-state index contributed by atoms with van der Waals surface area (Å²) in [5.41, 5.74) is 2.75. The molecule has 156 valence electrons. The Morgan fingerprint density at radius 2 is 1.90 bits per heavy atom. The molecule has 0 aliphatic rings. The predicted molar refractivity (Wildman–Crippen MR) is 111 cm³/mol. The lowest BCUT2D eigenvalue weighted by molar-refractivity contribution is -0.139. The highest BCUT2D eigenvalue weighted by molar-refractivity contribution is 7.99. The Morgan fingerprint density at radius 3 is 2.57 bits per heavy atom. The second-order valence-corrected chi connectivity index (χ2v) is 7.57. The van der Waals surface area contributed by atoms with Crippen molar-refractivity contribution in [3.63, 3.8) is 0 Å². The SMILES string of the molecule is COC(=O)Cc1cc(=O)[nH]c(SCC(=O)c2cc(C)n(-c3ccc(F)cc3)c2C)n1. The molecular weight excluding hydrogens is 409 g/mol. The number of methoxy groups -OCH3 is 1. The van der Waals surface area contributed by atoms with Gasteiger partial charge in [0.2, 0.25) is 0 Å². The standard InChI is InChI=1S/C21H20FN3O4S/c1-12-8-17(13(2)25(12)16-6-4-14(22)5-7-16)18(26)11-30-21-23-15(9-19(27)24-21)10-20(28)29-3/h4-9H,10-11H2,1-3H3,(H,23,24,27). The zero-order valence-corrected chi connectivity index (χ0v) is 17.5. The fraction of sp³-hybridized carbons (Fsp3) is 0.238. The quantitative estimate of drug-likeness (QED) is 0.269. The van der Waals surface area contributed by atoms with Crippen molar-refractivity contribution in [2.75, 3.05) is 12.9 Å². The molecule has 1 aromatic carbocycles. The second kappa shape index (κ2) is 9.08. The van der Waals surface area contributed by atoms with Crippen LogP contribution in [0.15, 0.2) is 46.3 Å². The first-order valence-corrected chi connectivity index (χ1v) is 10.0. The van der Waals surface area contributed by atoms with Crippen LogP contribution in [0.25, 0.3) is 5.69 Å². The number of H-pyrrole nitrogens is 1. The second-order valence-electron chi connectivity index (χ2n) is 6.60. The van der Waals surface area contributed by atoms with Gasteiger partial charge in [0.25, 0.3) is 5.56 Å². The summed E-state index contributed by atoms with van der Waals surface area (Å²) in [4.78, 5) is 42.8. The van der Waals surface area contributed by atoms with Crippen molar-refractivity contribution < 1.29 is 18.7 Å². The zero-order chi connectivity index (χ0) is 21.8. The minimum atomic E-state index is -0.506. The van der Waals surface area contributed by atoms with Crippen LogP contribution in [0.4, 0.5) is 4.39 Å². The first-order chi connectivity index (χ1) is 14.3. The molecule has 2 heterocycles. The molecule has 3 rings (SSSR count). The number of aromatic amines is 1. The molecule has 0 bridgehead atoms. The van der Waals surface area contributed by atoms with Crippen LogP contribution in [0.5, 0.6) is 0 Å². The maximum atomic E-state index is 13.2. The minimum absolute atomic E-state index is 0.0539. The first kappa shape index (κ1) is 21.5. The number of carbonyl (C=O) groups excluding carboxylic acids is 2. The molecule has 0 unspecified atom stereocenters. The van der Waals surface area contributed by atoms with E-state index in [0.29, 0.717) is 5.56 Å². The maximum absolute atomic E-state index is 13.2. The number of nitrogens with one attached hydrogen (secondary N) is 1. The molecule has 0 aliphatic heterocycles. The highest BCUT2D eigenvalue weighted by atomic mass is 32.2. The van der Waals surface area contributed by atoms with Crippen molar-refractivity contribution in [2.45, 2.75) is 25.4 Å². The number of halogens is 1. The van der Waals surface area contributed by atoms with E-state index >= 15 is 0 Å². The number of hydrogen-bond acceptors (Lipinski definition) is 6. The van der Waals surface area contributed by atoms with Crippen LogP contribution in [0.2, 0.25) is 0 Å². The molecule has 2 aromatic heterocycles. The van der Waals surface area contributed by atoms with Gasteiger partial charge in [-0.3, -0.25) is 14.4 Å². The van der Waals surface area contributed by atoms with Crippen LogP contribution >= 0.6 is 11.8 Å². The third-order valence-corrected chi connectivity index (χ3v) is 5.36. The first-order valence-electron chi connectivity index (χ1n) is 9.06. The van der Waals surface area contributed by atoms with Crippen molar-refractivity contribution in [3.8, 4) is 5.69 Å². The molecule has 0 amide bonds. The fourth-order valence-corrected chi connectivity index (χ4v) is 3.88. The van der Waals surface area contributed by atoms with Crippen LogP contribution in [-0.4, -0.2) is 39.2 Å². The van der Waals surface area contributed by atoms with Gasteiger partial charge in [0.05, 0.1) is 25.0 Å². The Labute approximate surface area is 176 Å². The molecule has 30 heavy (non-hydrogen) atoms. The van der Waals surface area contributed by atoms with Crippen LogP contribution < -0.4 is 5.56 Å². The summed E-state index contributed by atoms with van der Waals surface area (Å²) >= 11 is 1.08. The van der Waals surface area contributed by atoms with Crippen LogP contribution in [0.3, 0.4) is 0 Å². The van der Waals surface area contributed by atoms with E-state index in [1.54, 1.807) is 18.2 Å². The molecule has 0 atom stereocenters. The lowest BCUT2D eigenvalue weighted by Gasteiger charge is -2.10. The summed E-state index contributed by atoms with van der Waals surface area (Å²) in [5.74, 6) is -0.918. The number of carbonyl (C=O) groups is 2. The van der Waals surface area contributed by atoms with Gasteiger partial charge in [0, 0.05) is 28.7 Å². The number of rotatable bonds is 7. The van der Waals surface area contributed by atoms with E-state index in [1.807, 2.05) is 18.4 Å². The summed E-state index contributed by atoms with van der Waals surface area (Å²) in [6.45, 7) is 3.70. The summed E-state index contributed by atoms with van der Waals surface area (Å²) in [6, 6.07) is 9.05. The lowest BCUT2D eigenvalue weighted by Crippen LogP contribution is -2.14. The molecular formula is C21H20FN3O4S. The maximum Gasteiger partial charge on any atom is 0.311 e. The third kappa shape index (κ3) is 4.85. The molecule has 7 nitrogen and oxygen atoms in total. The smallest absolute Gasteiger partial charge is 0.311 e. The van der Waals surface area contributed by atoms with Gasteiger partial charge >= 0.3 is 5.97 Å². The van der Waals surface area contributed by atoms with Gasteiger partial charge in [0.15, 0.2) is 10.9 Å². The number of thioether (sulfide) groups is 1. The molecule has 1 N–H and O–H groups in total. The number of ether oxygens (including phenoxy) is 1. The number of benzene rings is 1. The van der Waals surface area contributed by atoms with Crippen molar-refractivity contribution in [1.82, 2.24) is 14.5 Å². The van der Waals surface area contributed by atoms with Crippen molar-refractivity contribution >= 4 is 23.5 Å². The summed E-state index contributed by atoms with van der Waals surface area (Å²) in [6.07, 6.45) is -0.124. The Bertz CT molecular complexity index is 1150. The monoisotopic (exact) mass is 429 g/mol. The number of aryl methyl sites for hydroxylation is 1.